The lowest BCUT2D eigenvalue weighted by molar-refractivity contribution is -0.205. The molecule has 0 aliphatic carbocycles. The minimum Gasteiger partial charge on any atom is -0.407 e. The number of hydrogen-bond acceptors (Lipinski definition) is 4. The summed E-state index contributed by atoms with van der Waals surface area (Å²) in [7, 11) is -0.902. The van der Waals surface area contributed by atoms with Crippen molar-refractivity contribution in [2.24, 2.45) is 0 Å². The first-order valence-corrected chi connectivity index (χ1v) is 12.4. The Morgan fingerprint density at radius 1 is 0.966 bits per heavy atom. The third kappa shape index (κ3) is 4.98. The van der Waals surface area contributed by atoms with E-state index in [1.165, 1.54) is 10.4 Å². The van der Waals surface area contributed by atoms with E-state index in [1.807, 2.05) is 0 Å². The Bertz CT molecular complexity index is 705. The monoisotopic (exact) mass is 414 g/mol. The Balaban J connectivity index is 1.86. The zero-order chi connectivity index (χ0) is 20.9. The molecule has 2 aromatic carbocycles. The van der Waals surface area contributed by atoms with E-state index >= 15 is 0 Å². The minimum atomic E-state index is -2.53. The molecule has 1 heterocycles. The SMILES string of the molecule is CO[C@H]1C[C@@H](O)C[C@@H](CCO[Si](c2ccccc2)(c2ccccc2)C(C)(C)C)O1. The standard InChI is InChI=1S/C24H34O4Si/c1-24(2,3)29(21-11-7-5-8-12-21,22-13-9-6-10-14-22)27-16-15-20-17-19(25)18-23(26-4)28-20/h5-14,19-20,23,25H,15-18H2,1-4H3/t19-,20+,23+/m0/s1. The fourth-order valence-corrected chi connectivity index (χ4v) is 8.97. The molecule has 0 unspecified atom stereocenters. The molecule has 0 spiro atoms. The van der Waals surface area contributed by atoms with Crippen molar-refractivity contribution in [2.75, 3.05) is 13.7 Å². The highest BCUT2D eigenvalue weighted by Crippen LogP contribution is 2.37. The van der Waals surface area contributed by atoms with Gasteiger partial charge in [0.25, 0.3) is 8.32 Å². The van der Waals surface area contributed by atoms with Crippen molar-refractivity contribution >= 4 is 18.7 Å². The molecule has 3 rings (SSSR count). The number of hydrogen-bond donors (Lipinski definition) is 1. The van der Waals surface area contributed by atoms with Crippen LogP contribution in [-0.2, 0) is 13.9 Å². The van der Waals surface area contributed by atoms with Crippen LogP contribution in [0.15, 0.2) is 60.7 Å². The van der Waals surface area contributed by atoms with E-state index in [0.717, 1.165) is 6.42 Å². The molecule has 3 atom stereocenters. The van der Waals surface area contributed by atoms with Crippen LogP contribution >= 0.6 is 0 Å². The second-order valence-electron chi connectivity index (χ2n) is 8.85. The van der Waals surface area contributed by atoms with E-state index < -0.39 is 8.32 Å². The average Bonchev–Trinajstić information content (AvgIpc) is 2.71. The Morgan fingerprint density at radius 3 is 2.00 bits per heavy atom. The largest absolute Gasteiger partial charge is 0.407 e. The summed E-state index contributed by atoms with van der Waals surface area (Å²) in [6, 6.07) is 21.3. The zero-order valence-electron chi connectivity index (χ0n) is 18.0. The zero-order valence-corrected chi connectivity index (χ0v) is 19.0. The van der Waals surface area contributed by atoms with Crippen LogP contribution < -0.4 is 10.4 Å². The Kier molecular flexibility index (Phi) is 7.30. The lowest BCUT2D eigenvalue weighted by Crippen LogP contribution is -2.66. The molecule has 5 heteroatoms. The minimum absolute atomic E-state index is 0.0439. The molecule has 1 aliphatic rings. The molecule has 1 saturated heterocycles. The molecular weight excluding hydrogens is 380 g/mol. The molecule has 2 aromatic rings. The van der Waals surface area contributed by atoms with Gasteiger partial charge in [-0.25, -0.2) is 0 Å². The quantitative estimate of drug-likeness (QED) is 0.705. The molecule has 1 fully saturated rings. The number of aliphatic hydroxyl groups excluding tert-OH is 1. The Hall–Kier alpha value is -1.50. The first-order chi connectivity index (χ1) is 13.9. The fraction of sp³-hybridized carbons (Fsp3) is 0.500. The number of aliphatic hydroxyl groups is 1. The number of ether oxygens (including phenoxy) is 2. The van der Waals surface area contributed by atoms with Crippen molar-refractivity contribution in [3.8, 4) is 0 Å². The fourth-order valence-electron chi connectivity index (χ4n) is 4.39. The van der Waals surface area contributed by atoms with Gasteiger partial charge in [0, 0.05) is 20.1 Å². The summed E-state index contributed by atoms with van der Waals surface area (Å²) >= 11 is 0. The van der Waals surface area contributed by atoms with Crippen molar-refractivity contribution in [3.05, 3.63) is 60.7 Å². The van der Waals surface area contributed by atoms with Crippen molar-refractivity contribution in [3.63, 3.8) is 0 Å². The lowest BCUT2D eigenvalue weighted by atomic mass is 10.0. The van der Waals surface area contributed by atoms with Gasteiger partial charge in [-0.3, -0.25) is 0 Å². The molecule has 29 heavy (non-hydrogen) atoms. The maximum atomic E-state index is 10.1. The second kappa shape index (κ2) is 9.54. The highest BCUT2D eigenvalue weighted by molar-refractivity contribution is 6.99. The summed E-state index contributed by atoms with van der Waals surface area (Å²) in [5, 5.41) is 12.6. The van der Waals surface area contributed by atoms with Crippen LogP contribution in [0, 0.1) is 0 Å². The van der Waals surface area contributed by atoms with Crippen molar-refractivity contribution in [2.45, 2.75) is 63.6 Å². The van der Waals surface area contributed by atoms with Crippen LogP contribution in [-0.4, -0.2) is 45.6 Å². The maximum Gasteiger partial charge on any atom is 0.261 e. The smallest absolute Gasteiger partial charge is 0.261 e. The molecule has 1 aliphatic heterocycles. The number of benzene rings is 2. The molecule has 0 radical (unpaired) electrons. The summed E-state index contributed by atoms with van der Waals surface area (Å²) in [6.07, 6.45) is 1.12. The molecule has 4 nitrogen and oxygen atoms in total. The summed E-state index contributed by atoms with van der Waals surface area (Å²) in [4.78, 5) is 0. The van der Waals surface area contributed by atoms with Crippen LogP contribution in [0.25, 0.3) is 0 Å². The van der Waals surface area contributed by atoms with Gasteiger partial charge in [0.1, 0.15) is 0 Å². The third-order valence-corrected chi connectivity index (χ3v) is 10.8. The van der Waals surface area contributed by atoms with Crippen LogP contribution in [0.5, 0.6) is 0 Å². The first kappa shape index (κ1) is 22.2. The molecular formula is C24H34O4Si. The molecule has 158 valence electrons. The van der Waals surface area contributed by atoms with Crippen LogP contribution in [0.2, 0.25) is 5.04 Å². The maximum absolute atomic E-state index is 10.1. The lowest BCUT2D eigenvalue weighted by Gasteiger charge is -2.43. The van der Waals surface area contributed by atoms with Gasteiger partial charge in [-0.05, 0) is 28.3 Å². The average molecular weight is 415 g/mol. The van der Waals surface area contributed by atoms with Gasteiger partial charge in [0.15, 0.2) is 6.29 Å². The topological polar surface area (TPSA) is 47.9 Å². The number of methoxy groups -OCH3 is 1. The summed E-state index contributed by atoms with van der Waals surface area (Å²) < 4.78 is 18.2. The molecule has 0 saturated carbocycles. The summed E-state index contributed by atoms with van der Waals surface area (Å²) in [5.41, 5.74) is 0. The van der Waals surface area contributed by atoms with Gasteiger partial charge >= 0.3 is 0 Å². The molecule has 0 aromatic heterocycles. The highest BCUT2D eigenvalue weighted by atomic mass is 28.4. The Morgan fingerprint density at radius 2 is 1.52 bits per heavy atom. The normalized spacial score (nSPS) is 23.1. The third-order valence-electron chi connectivity index (χ3n) is 5.78. The van der Waals surface area contributed by atoms with Crippen LogP contribution in [0.4, 0.5) is 0 Å². The van der Waals surface area contributed by atoms with Crippen LogP contribution in [0.1, 0.15) is 40.0 Å². The van der Waals surface area contributed by atoms with Gasteiger partial charge in [-0.15, -0.1) is 0 Å². The van der Waals surface area contributed by atoms with Crippen LogP contribution in [0.3, 0.4) is 0 Å². The molecule has 0 amide bonds. The van der Waals surface area contributed by atoms with Crippen molar-refractivity contribution in [1.82, 2.24) is 0 Å². The van der Waals surface area contributed by atoms with E-state index in [-0.39, 0.29) is 23.5 Å². The van der Waals surface area contributed by atoms with E-state index in [4.69, 9.17) is 13.9 Å². The predicted molar refractivity (Wildman–Crippen MR) is 119 cm³/mol. The van der Waals surface area contributed by atoms with Crippen molar-refractivity contribution in [1.29, 1.82) is 0 Å². The predicted octanol–water partition coefficient (Wildman–Crippen LogP) is 3.47. The Labute approximate surface area is 176 Å². The van der Waals surface area contributed by atoms with E-state index in [2.05, 4.69) is 81.4 Å². The second-order valence-corrected chi connectivity index (χ2v) is 13.2. The summed E-state index contributed by atoms with van der Waals surface area (Å²) in [5.74, 6) is 0. The highest BCUT2D eigenvalue weighted by Gasteiger charge is 2.50. The van der Waals surface area contributed by atoms with Gasteiger partial charge in [-0.1, -0.05) is 81.4 Å². The van der Waals surface area contributed by atoms with Gasteiger partial charge < -0.3 is 19.0 Å². The van der Waals surface area contributed by atoms with Gasteiger partial charge in [0.2, 0.25) is 0 Å². The van der Waals surface area contributed by atoms with E-state index in [1.54, 1.807) is 7.11 Å². The van der Waals surface area contributed by atoms with E-state index in [9.17, 15) is 5.11 Å². The van der Waals surface area contributed by atoms with E-state index in [0.29, 0.717) is 19.4 Å². The molecule has 1 N–H and O–H groups in total. The number of rotatable bonds is 7. The molecule has 0 bridgehead atoms. The first-order valence-electron chi connectivity index (χ1n) is 10.5. The van der Waals surface area contributed by atoms with Gasteiger partial charge in [0.05, 0.1) is 12.2 Å². The van der Waals surface area contributed by atoms with Crippen molar-refractivity contribution < 1.29 is 19.0 Å². The summed E-state index contributed by atoms with van der Waals surface area (Å²) in [6.45, 7) is 7.42. The van der Waals surface area contributed by atoms with Gasteiger partial charge in [-0.2, -0.15) is 0 Å².